The van der Waals surface area contributed by atoms with Crippen LogP contribution in [0.15, 0.2) is 59.5 Å². The van der Waals surface area contributed by atoms with Crippen LogP contribution < -0.4 is 10.9 Å². The summed E-state index contributed by atoms with van der Waals surface area (Å²) in [7, 11) is 0. The summed E-state index contributed by atoms with van der Waals surface area (Å²) in [6.07, 6.45) is 2.96. The number of nitrogens with zero attached hydrogens (tertiary/aromatic N) is 1. The van der Waals surface area contributed by atoms with Gasteiger partial charge in [0.1, 0.15) is 11.4 Å². The van der Waals surface area contributed by atoms with Gasteiger partial charge in [-0.1, -0.05) is 24.9 Å². The van der Waals surface area contributed by atoms with Crippen molar-refractivity contribution in [3.8, 4) is 11.4 Å². The van der Waals surface area contributed by atoms with E-state index in [9.17, 15) is 14.4 Å². The summed E-state index contributed by atoms with van der Waals surface area (Å²) in [6.45, 7) is 2.38. The maximum Gasteiger partial charge on any atom is 0.338 e. The molecule has 0 bridgehead atoms. The minimum absolute atomic E-state index is 0.129. The fraction of sp³-hybridized carbons (Fsp3) is 0.182. The van der Waals surface area contributed by atoms with Gasteiger partial charge in [-0.3, -0.25) is 9.59 Å². The Kier molecular flexibility index (Phi) is 6.98. The molecule has 1 aromatic heterocycles. The molecular formula is C22H20ClN3O4. The van der Waals surface area contributed by atoms with Gasteiger partial charge in [-0.15, -0.1) is 0 Å². The second-order valence-electron chi connectivity index (χ2n) is 6.50. The quantitative estimate of drug-likeness (QED) is 0.434. The first-order valence-electron chi connectivity index (χ1n) is 9.41. The number of aromatic amines is 1. The molecule has 0 saturated carbocycles. The van der Waals surface area contributed by atoms with Crippen molar-refractivity contribution in [2.24, 2.45) is 0 Å². The van der Waals surface area contributed by atoms with Crippen LogP contribution in [0, 0.1) is 0 Å². The number of amides is 1. The molecule has 0 radical (unpaired) electrons. The molecule has 2 aromatic carbocycles. The molecule has 0 spiro atoms. The highest BCUT2D eigenvalue weighted by atomic mass is 35.5. The standard InChI is InChI=1S/C22H20ClN3O4/c1-2-3-12-30-22(29)15-6-10-17(11-7-15)25-20(27)18-13-24-19(26-21(18)28)14-4-8-16(23)9-5-14/h4-11,13H,2-3,12H2,1H3,(H,25,27)(H,24,26,28). The zero-order valence-corrected chi connectivity index (χ0v) is 17.0. The fourth-order valence-corrected chi connectivity index (χ4v) is 2.72. The monoisotopic (exact) mass is 425 g/mol. The third-order valence-corrected chi connectivity index (χ3v) is 4.52. The predicted octanol–water partition coefficient (Wildman–Crippen LogP) is 4.30. The molecule has 154 valence electrons. The van der Waals surface area contributed by atoms with E-state index in [0.29, 0.717) is 34.3 Å². The van der Waals surface area contributed by atoms with Crippen LogP contribution in [0.1, 0.15) is 40.5 Å². The molecule has 0 saturated heterocycles. The molecule has 1 heterocycles. The van der Waals surface area contributed by atoms with Crippen molar-refractivity contribution in [2.45, 2.75) is 19.8 Å². The average Bonchev–Trinajstić information content (AvgIpc) is 2.74. The lowest BCUT2D eigenvalue weighted by molar-refractivity contribution is 0.0499. The highest BCUT2D eigenvalue weighted by Crippen LogP contribution is 2.17. The largest absolute Gasteiger partial charge is 0.462 e. The summed E-state index contributed by atoms with van der Waals surface area (Å²) in [5.41, 5.74) is 0.798. The highest BCUT2D eigenvalue weighted by molar-refractivity contribution is 6.30. The Labute approximate surface area is 178 Å². The lowest BCUT2D eigenvalue weighted by Gasteiger charge is -2.07. The van der Waals surface area contributed by atoms with Crippen molar-refractivity contribution in [1.29, 1.82) is 0 Å². The van der Waals surface area contributed by atoms with Crippen LogP contribution in [0.5, 0.6) is 0 Å². The van der Waals surface area contributed by atoms with Gasteiger partial charge in [-0.05, 0) is 55.0 Å². The molecule has 7 nitrogen and oxygen atoms in total. The average molecular weight is 426 g/mol. The molecule has 0 aliphatic heterocycles. The number of unbranched alkanes of at least 4 members (excludes halogenated alkanes) is 1. The summed E-state index contributed by atoms with van der Waals surface area (Å²) >= 11 is 5.86. The third kappa shape index (κ3) is 5.33. The normalized spacial score (nSPS) is 10.5. The predicted molar refractivity (Wildman–Crippen MR) is 115 cm³/mol. The Bertz CT molecular complexity index is 1090. The number of benzene rings is 2. The van der Waals surface area contributed by atoms with E-state index >= 15 is 0 Å². The number of carbonyl (C=O) groups is 2. The van der Waals surface area contributed by atoms with Gasteiger partial charge < -0.3 is 15.0 Å². The first-order chi connectivity index (χ1) is 14.5. The highest BCUT2D eigenvalue weighted by Gasteiger charge is 2.14. The van der Waals surface area contributed by atoms with E-state index in [-0.39, 0.29) is 5.56 Å². The van der Waals surface area contributed by atoms with Gasteiger partial charge in [0.15, 0.2) is 0 Å². The number of nitrogens with one attached hydrogen (secondary N) is 2. The Hall–Kier alpha value is -3.45. The van der Waals surface area contributed by atoms with Crippen LogP contribution in [0.4, 0.5) is 5.69 Å². The zero-order valence-electron chi connectivity index (χ0n) is 16.3. The Morgan fingerprint density at radius 3 is 2.43 bits per heavy atom. The number of H-pyrrole nitrogens is 1. The Morgan fingerprint density at radius 1 is 1.10 bits per heavy atom. The van der Waals surface area contributed by atoms with Crippen molar-refractivity contribution >= 4 is 29.2 Å². The minimum atomic E-state index is -0.607. The van der Waals surface area contributed by atoms with Gasteiger partial charge >= 0.3 is 5.97 Å². The van der Waals surface area contributed by atoms with Gasteiger partial charge in [-0.2, -0.15) is 0 Å². The summed E-state index contributed by atoms with van der Waals surface area (Å²) in [5, 5.41) is 3.18. The molecule has 0 aliphatic carbocycles. The van der Waals surface area contributed by atoms with E-state index in [1.807, 2.05) is 6.92 Å². The number of ether oxygens (including phenoxy) is 1. The summed E-state index contributed by atoms with van der Waals surface area (Å²) < 4.78 is 5.14. The molecule has 0 atom stereocenters. The van der Waals surface area contributed by atoms with Crippen molar-refractivity contribution in [3.05, 3.63) is 81.2 Å². The van der Waals surface area contributed by atoms with Gasteiger partial charge in [-0.25, -0.2) is 9.78 Å². The van der Waals surface area contributed by atoms with Crippen LogP contribution in [0.25, 0.3) is 11.4 Å². The summed E-state index contributed by atoms with van der Waals surface area (Å²) in [5.74, 6) is -0.691. The van der Waals surface area contributed by atoms with Crippen molar-refractivity contribution in [3.63, 3.8) is 0 Å². The van der Waals surface area contributed by atoms with E-state index in [4.69, 9.17) is 16.3 Å². The number of hydrogen-bond acceptors (Lipinski definition) is 5. The van der Waals surface area contributed by atoms with Crippen LogP contribution >= 0.6 is 11.6 Å². The fourth-order valence-electron chi connectivity index (χ4n) is 2.59. The molecule has 0 fully saturated rings. The van der Waals surface area contributed by atoms with Gasteiger partial charge in [0.25, 0.3) is 11.5 Å². The molecule has 8 heteroatoms. The van der Waals surface area contributed by atoms with Gasteiger partial charge in [0.05, 0.1) is 12.2 Å². The maximum absolute atomic E-state index is 12.4. The first-order valence-corrected chi connectivity index (χ1v) is 9.79. The molecule has 2 N–H and O–H groups in total. The van der Waals surface area contributed by atoms with Gasteiger partial charge in [0.2, 0.25) is 0 Å². The smallest absolute Gasteiger partial charge is 0.338 e. The van der Waals surface area contributed by atoms with Crippen molar-refractivity contribution in [2.75, 3.05) is 11.9 Å². The molecule has 30 heavy (non-hydrogen) atoms. The molecule has 0 aliphatic rings. The molecule has 3 rings (SSSR count). The number of carbonyl (C=O) groups excluding carboxylic acids is 2. The Balaban J connectivity index is 1.67. The molecule has 0 unspecified atom stereocenters. The zero-order chi connectivity index (χ0) is 21.5. The third-order valence-electron chi connectivity index (χ3n) is 4.27. The van der Waals surface area contributed by atoms with Crippen molar-refractivity contribution in [1.82, 2.24) is 9.97 Å². The molecular weight excluding hydrogens is 406 g/mol. The van der Waals surface area contributed by atoms with Gasteiger partial charge in [0, 0.05) is 22.5 Å². The molecule has 3 aromatic rings. The van der Waals surface area contributed by atoms with E-state index < -0.39 is 17.4 Å². The number of esters is 1. The van der Waals surface area contributed by atoms with Crippen LogP contribution in [-0.2, 0) is 4.74 Å². The maximum atomic E-state index is 12.4. The minimum Gasteiger partial charge on any atom is -0.462 e. The van der Waals surface area contributed by atoms with E-state index in [0.717, 1.165) is 12.8 Å². The van der Waals surface area contributed by atoms with Crippen LogP contribution in [-0.4, -0.2) is 28.5 Å². The van der Waals surface area contributed by atoms with E-state index in [2.05, 4.69) is 15.3 Å². The van der Waals surface area contributed by atoms with Crippen LogP contribution in [0.3, 0.4) is 0 Å². The lowest BCUT2D eigenvalue weighted by Crippen LogP contribution is -2.24. The summed E-state index contributed by atoms with van der Waals surface area (Å²) in [6, 6.07) is 13.0. The lowest BCUT2D eigenvalue weighted by atomic mass is 10.2. The number of rotatable bonds is 7. The van der Waals surface area contributed by atoms with Crippen molar-refractivity contribution < 1.29 is 14.3 Å². The summed E-state index contributed by atoms with van der Waals surface area (Å²) in [4.78, 5) is 43.4. The SMILES string of the molecule is CCCCOC(=O)c1ccc(NC(=O)c2cnc(-c3ccc(Cl)cc3)[nH]c2=O)cc1. The number of halogens is 1. The Morgan fingerprint density at radius 2 is 1.80 bits per heavy atom. The number of aromatic nitrogens is 2. The topological polar surface area (TPSA) is 101 Å². The first kappa shape index (κ1) is 21.3. The second kappa shape index (κ2) is 9.84. The number of anilines is 1. The second-order valence-corrected chi connectivity index (χ2v) is 6.94. The van der Waals surface area contributed by atoms with Crippen LogP contribution in [0.2, 0.25) is 5.02 Å². The van der Waals surface area contributed by atoms with E-state index in [1.165, 1.54) is 6.20 Å². The molecule has 1 amide bonds. The number of hydrogen-bond donors (Lipinski definition) is 2. The van der Waals surface area contributed by atoms with E-state index in [1.54, 1.807) is 48.5 Å².